The van der Waals surface area contributed by atoms with Gasteiger partial charge in [-0.1, -0.05) is 0 Å². The highest BCUT2D eigenvalue weighted by Crippen LogP contribution is 2.58. The average Bonchev–Trinajstić information content (AvgIpc) is 2.41. The van der Waals surface area contributed by atoms with Crippen LogP contribution >= 0.6 is 0 Å². The second-order valence-corrected chi connectivity index (χ2v) is 10.6. The van der Waals surface area contributed by atoms with Crippen molar-refractivity contribution in [3.05, 3.63) is 0 Å². The SMILES string of the molecule is OC12CC3C[C@H](C1)C(NC1[C@@H]4CC5C[C@H]1CC(O)(C5)C4)[C@@H](C3)C2. The largest absolute Gasteiger partial charge is 0.390 e. The molecule has 10 atom stereocenters. The Kier molecular flexibility index (Phi) is 2.66. The first-order valence-electron chi connectivity index (χ1n) is 10.2. The molecular formula is C20H31NO2. The highest BCUT2D eigenvalue weighted by atomic mass is 16.3. The van der Waals surface area contributed by atoms with Crippen molar-refractivity contribution in [2.45, 2.75) is 87.5 Å². The zero-order valence-electron chi connectivity index (χ0n) is 14.1. The van der Waals surface area contributed by atoms with Gasteiger partial charge in [-0.2, -0.15) is 0 Å². The minimum absolute atomic E-state index is 0.312. The molecule has 6 unspecified atom stereocenters. The third-order valence-corrected chi connectivity index (χ3v) is 8.87. The molecule has 0 aromatic heterocycles. The molecule has 0 radical (unpaired) electrons. The molecule has 8 bridgehead atoms. The van der Waals surface area contributed by atoms with E-state index in [9.17, 15) is 10.2 Å². The standard InChI is InChI=1S/C20H31NO2/c22-19-5-11-1-13(7-19)17(14(2-11)8-19)21-18-15-3-12-4-16(18)10-20(23,6-12)9-15/h11-18,21-23H,1-10H2/t11?,12?,13-,14+,15-,16+,17?,18?,19?,20?. The fourth-order valence-corrected chi connectivity index (χ4v) is 8.73. The van der Waals surface area contributed by atoms with Crippen molar-refractivity contribution in [3.63, 3.8) is 0 Å². The van der Waals surface area contributed by atoms with Crippen molar-refractivity contribution in [3.8, 4) is 0 Å². The number of hydrogen-bond acceptors (Lipinski definition) is 3. The summed E-state index contributed by atoms with van der Waals surface area (Å²) in [5, 5.41) is 25.8. The van der Waals surface area contributed by atoms with Crippen LogP contribution in [0.1, 0.15) is 64.2 Å². The Hall–Kier alpha value is -0.120. The molecule has 8 aliphatic rings. The van der Waals surface area contributed by atoms with Crippen molar-refractivity contribution < 1.29 is 10.2 Å². The molecule has 0 aliphatic heterocycles. The maximum atomic E-state index is 10.8. The van der Waals surface area contributed by atoms with Crippen LogP contribution in [0.3, 0.4) is 0 Å². The second-order valence-electron chi connectivity index (χ2n) is 10.6. The van der Waals surface area contributed by atoms with Crippen LogP contribution in [0.2, 0.25) is 0 Å². The Balaban J connectivity index is 1.24. The number of nitrogens with one attached hydrogen (secondary N) is 1. The van der Waals surface area contributed by atoms with Crippen LogP contribution in [0.25, 0.3) is 0 Å². The van der Waals surface area contributed by atoms with E-state index in [0.29, 0.717) is 35.8 Å². The maximum absolute atomic E-state index is 10.8. The third kappa shape index (κ3) is 1.99. The van der Waals surface area contributed by atoms with Crippen LogP contribution in [0.5, 0.6) is 0 Å². The van der Waals surface area contributed by atoms with E-state index < -0.39 is 0 Å². The summed E-state index contributed by atoms with van der Waals surface area (Å²) in [6.07, 6.45) is 11.8. The molecular weight excluding hydrogens is 286 g/mol. The summed E-state index contributed by atoms with van der Waals surface area (Å²) in [4.78, 5) is 0. The zero-order chi connectivity index (χ0) is 15.4. The summed E-state index contributed by atoms with van der Waals surface area (Å²) < 4.78 is 0. The summed E-state index contributed by atoms with van der Waals surface area (Å²) in [6.45, 7) is 0. The van der Waals surface area contributed by atoms with E-state index in [1.54, 1.807) is 0 Å². The molecule has 8 rings (SSSR count). The van der Waals surface area contributed by atoms with Gasteiger partial charge in [0.25, 0.3) is 0 Å². The quantitative estimate of drug-likeness (QED) is 0.733. The van der Waals surface area contributed by atoms with E-state index in [0.717, 1.165) is 50.4 Å². The lowest BCUT2D eigenvalue weighted by molar-refractivity contribution is -0.161. The van der Waals surface area contributed by atoms with Gasteiger partial charge in [0.15, 0.2) is 0 Å². The van der Waals surface area contributed by atoms with E-state index in [1.807, 2.05) is 0 Å². The smallest absolute Gasteiger partial charge is 0.0657 e. The summed E-state index contributed by atoms with van der Waals surface area (Å²) in [5.41, 5.74) is -0.623. The molecule has 0 spiro atoms. The summed E-state index contributed by atoms with van der Waals surface area (Å²) in [7, 11) is 0. The first-order chi connectivity index (χ1) is 11.0. The summed E-state index contributed by atoms with van der Waals surface area (Å²) in [5.74, 6) is 4.46. The minimum Gasteiger partial charge on any atom is -0.390 e. The molecule has 0 aromatic carbocycles. The predicted molar refractivity (Wildman–Crippen MR) is 87.7 cm³/mol. The molecule has 8 saturated carbocycles. The normalized spacial score (nSPS) is 65.5. The molecule has 3 heteroatoms. The first kappa shape index (κ1) is 14.1. The summed E-state index contributed by atoms with van der Waals surface area (Å²) >= 11 is 0. The molecule has 128 valence electrons. The molecule has 0 saturated heterocycles. The summed E-state index contributed by atoms with van der Waals surface area (Å²) in [6, 6.07) is 1.31. The van der Waals surface area contributed by atoms with Gasteiger partial charge in [-0.3, -0.25) is 0 Å². The van der Waals surface area contributed by atoms with Gasteiger partial charge in [-0.05, 0) is 99.7 Å². The van der Waals surface area contributed by atoms with E-state index in [2.05, 4.69) is 5.32 Å². The number of rotatable bonds is 2. The zero-order valence-corrected chi connectivity index (χ0v) is 14.1. The second kappa shape index (κ2) is 4.34. The van der Waals surface area contributed by atoms with E-state index in [1.165, 1.54) is 25.7 Å². The van der Waals surface area contributed by atoms with Crippen LogP contribution < -0.4 is 5.32 Å². The molecule has 3 nitrogen and oxygen atoms in total. The Morgan fingerprint density at radius 2 is 0.913 bits per heavy atom. The van der Waals surface area contributed by atoms with Crippen LogP contribution in [-0.4, -0.2) is 33.5 Å². The van der Waals surface area contributed by atoms with Gasteiger partial charge in [0, 0.05) is 12.1 Å². The van der Waals surface area contributed by atoms with E-state index >= 15 is 0 Å². The Labute approximate surface area is 139 Å². The maximum Gasteiger partial charge on any atom is 0.0657 e. The Morgan fingerprint density at radius 1 is 0.565 bits per heavy atom. The van der Waals surface area contributed by atoms with E-state index in [-0.39, 0.29) is 11.2 Å². The topological polar surface area (TPSA) is 52.5 Å². The van der Waals surface area contributed by atoms with Crippen molar-refractivity contribution in [1.82, 2.24) is 5.32 Å². The number of aliphatic hydroxyl groups is 2. The van der Waals surface area contributed by atoms with Gasteiger partial charge in [0.2, 0.25) is 0 Å². The van der Waals surface area contributed by atoms with Crippen LogP contribution in [0.4, 0.5) is 0 Å². The van der Waals surface area contributed by atoms with Gasteiger partial charge >= 0.3 is 0 Å². The highest BCUT2D eigenvalue weighted by Gasteiger charge is 2.58. The van der Waals surface area contributed by atoms with Gasteiger partial charge in [-0.15, -0.1) is 0 Å². The van der Waals surface area contributed by atoms with Gasteiger partial charge in [0.05, 0.1) is 11.2 Å². The predicted octanol–water partition coefficient (Wildman–Crippen LogP) is 2.46. The van der Waals surface area contributed by atoms with Crippen LogP contribution in [0, 0.1) is 35.5 Å². The van der Waals surface area contributed by atoms with Crippen molar-refractivity contribution >= 4 is 0 Å². The molecule has 0 aromatic rings. The lowest BCUT2D eigenvalue weighted by Gasteiger charge is -2.62. The molecule has 3 N–H and O–H groups in total. The average molecular weight is 317 g/mol. The lowest BCUT2D eigenvalue weighted by Crippen LogP contribution is -2.67. The Morgan fingerprint density at radius 3 is 1.22 bits per heavy atom. The van der Waals surface area contributed by atoms with Crippen molar-refractivity contribution in [2.75, 3.05) is 0 Å². The minimum atomic E-state index is -0.312. The van der Waals surface area contributed by atoms with Crippen LogP contribution in [0.15, 0.2) is 0 Å². The van der Waals surface area contributed by atoms with Crippen molar-refractivity contribution in [1.29, 1.82) is 0 Å². The molecule has 0 amide bonds. The van der Waals surface area contributed by atoms with Crippen LogP contribution in [-0.2, 0) is 0 Å². The molecule has 8 fully saturated rings. The highest BCUT2D eigenvalue weighted by molar-refractivity contribution is 5.12. The fourth-order valence-electron chi connectivity index (χ4n) is 8.73. The molecule has 0 heterocycles. The molecule has 8 aliphatic carbocycles. The number of hydrogen-bond donors (Lipinski definition) is 3. The van der Waals surface area contributed by atoms with Gasteiger partial charge in [-0.25, -0.2) is 0 Å². The lowest BCUT2D eigenvalue weighted by atomic mass is 9.50. The van der Waals surface area contributed by atoms with Gasteiger partial charge < -0.3 is 15.5 Å². The fraction of sp³-hybridized carbons (Fsp3) is 1.00. The monoisotopic (exact) mass is 317 g/mol. The van der Waals surface area contributed by atoms with Crippen molar-refractivity contribution in [2.24, 2.45) is 35.5 Å². The molecule has 23 heavy (non-hydrogen) atoms. The first-order valence-corrected chi connectivity index (χ1v) is 10.2. The van der Waals surface area contributed by atoms with E-state index in [4.69, 9.17) is 0 Å². The Bertz CT molecular complexity index is 456. The van der Waals surface area contributed by atoms with Gasteiger partial charge in [0.1, 0.15) is 0 Å². The third-order valence-electron chi connectivity index (χ3n) is 8.87.